The molecular formula is C14H23NO. The number of hydrogen-bond donors (Lipinski definition) is 1. The van der Waals surface area contributed by atoms with Gasteiger partial charge in [-0.05, 0) is 24.9 Å². The van der Waals surface area contributed by atoms with E-state index in [-0.39, 0.29) is 0 Å². The molecule has 1 aromatic rings. The zero-order chi connectivity index (χ0) is 11.6. The van der Waals surface area contributed by atoms with E-state index in [1.807, 2.05) is 0 Å². The second-order valence-electron chi connectivity index (χ2n) is 4.13. The molecule has 90 valence electrons. The third kappa shape index (κ3) is 5.29. The van der Waals surface area contributed by atoms with Crippen LogP contribution in [0.3, 0.4) is 0 Å². The fourth-order valence-corrected chi connectivity index (χ4v) is 1.86. The Morgan fingerprint density at radius 1 is 1.25 bits per heavy atom. The fourth-order valence-electron chi connectivity index (χ4n) is 1.86. The lowest BCUT2D eigenvalue weighted by Crippen LogP contribution is -2.34. The van der Waals surface area contributed by atoms with Crippen LogP contribution in [0.15, 0.2) is 30.3 Å². The summed E-state index contributed by atoms with van der Waals surface area (Å²) in [6.45, 7) is 4.04. The second kappa shape index (κ2) is 8.31. The van der Waals surface area contributed by atoms with Gasteiger partial charge < -0.3 is 10.1 Å². The van der Waals surface area contributed by atoms with E-state index in [0.29, 0.717) is 6.04 Å². The summed E-state index contributed by atoms with van der Waals surface area (Å²) < 4.78 is 5.20. The molecule has 1 N–H and O–H groups in total. The summed E-state index contributed by atoms with van der Waals surface area (Å²) in [4.78, 5) is 0. The molecule has 0 saturated carbocycles. The number of ether oxygens (including phenoxy) is 1. The lowest BCUT2D eigenvalue weighted by Gasteiger charge is -2.16. The first-order chi connectivity index (χ1) is 7.86. The minimum Gasteiger partial charge on any atom is -0.383 e. The molecular weight excluding hydrogens is 198 g/mol. The molecule has 1 atom stereocenters. The topological polar surface area (TPSA) is 21.3 Å². The highest BCUT2D eigenvalue weighted by atomic mass is 16.5. The summed E-state index contributed by atoms with van der Waals surface area (Å²) >= 11 is 0. The van der Waals surface area contributed by atoms with Gasteiger partial charge in [0.2, 0.25) is 0 Å². The maximum atomic E-state index is 5.20. The van der Waals surface area contributed by atoms with Crippen LogP contribution in [0, 0.1) is 0 Å². The molecule has 1 aromatic carbocycles. The molecule has 0 amide bonds. The molecule has 2 heteroatoms. The first-order valence-corrected chi connectivity index (χ1v) is 6.13. The molecule has 2 nitrogen and oxygen atoms in total. The van der Waals surface area contributed by atoms with Gasteiger partial charge in [-0.25, -0.2) is 0 Å². The minimum absolute atomic E-state index is 0.499. The summed E-state index contributed by atoms with van der Waals surface area (Å²) in [5.41, 5.74) is 1.39. The summed E-state index contributed by atoms with van der Waals surface area (Å²) in [5.74, 6) is 0. The summed E-state index contributed by atoms with van der Waals surface area (Å²) in [5, 5.41) is 3.55. The zero-order valence-corrected chi connectivity index (χ0v) is 10.4. The third-order valence-corrected chi connectivity index (χ3v) is 2.69. The van der Waals surface area contributed by atoms with Crippen molar-refractivity contribution in [2.75, 3.05) is 20.3 Å². The average molecular weight is 221 g/mol. The van der Waals surface area contributed by atoms with Gasteiger partial charge in [0.05, 0.1) is 6.61 Å². The van der Waals surface area contributed by atoms with Crippen molar-refractivity contribution < 1.29 is 4.74 Å². The van der Waals surface area contributed by atoms with Gasteiger partial charge >= 0.3 is 0 Å². The molecule has 0 heterocycles. The second-order valence-corrected chi connectivity index (χ2v) is 4.13. The Morgan fingerprint density at radius 3 is 2.62 bits per heavy atom. The Hall–Kier alpha value is -0.860. The fraction of sp³-hybridized carbons (Fsp3) is 0.571. The molecule has 1 rings (SSSR count). The lowest BCUT2D eigenvalue weighted by molar-refractivity contribution is 0.162. The van der Waals surface area contributed by atoms with Crippen LogP contribution in [0.1, 0.15) is 25.3 Å². The van der Waals surface area contributed by atoms with Gasteiger partial charge in [-0.2, -0.15) is 0 Å². The van der Waals surface area contributed by atoms with E-state index < -0.39 is 0 Å². The van der Waals surface area contributed by atoms with Crippen molar-refractivity contribution in [2.45, 2.75) is 32.2 Å². The van der Waals surface area contributed by atoms with Gasteiger partial charge in [-0.3, -0.25) is 0 Å². The molecule has 0 bridgehead atoms. The van der Waals surface area contributed by atoms with Gasteiger partial charge in [-0.1, -0.05) is 43.7 Å². The van der Waals surface area contributed by atoms with Gasteiger partial charge in [0.1, 0.15) is 0 Å². The van der Waals surface area contributed by atoms with E-state index in [4.69, 9.17) is 4.74 Å². The van der Waals surface area contributed by atoms with Crippen LogP contribution >= 0.6 is 0 Å². The van der Waals surface area contributed by atoms with Gasteiger partial charge in [0.15, 0.2) is 0 Å². The number of hydrogen-bond acceptors (Lipinski definition) is 2. The SMILES string of the molecule is CCCC(COC)NCCc1ccccc1. The molecule has 1 unspecified atom stereocenters. The summed E-state index contributed by atoms with van der Waals surface area (Å²) in [7, 11) is 1.77. The van der Waals surface area contributed by atoms with Crippen molar-refractivity contribution >= 4 is 0 Å². The quantitative estimate of drug-likeness (QED) is 0.728. The van der Waals surface area contributed by atoms with Crippen LogP contribution in [0.25, 0.3) is 0 Å². The Morgan fingerprint density at radius 2 is 2.00 bits per heavy atom. The van der Waals surface area contributed by atoms with Gasteiger partial charge in [-0.15, -0.1) is 0 Å². The van der Waals surface area contributed by atoms with E-state index >= 15 is 0 Å². The van der Waals surface area contributed by atoms with Crippen molar-refractivity contribution in [1.82, 2.24) is 5.32 Å². The zero-order valence-electron chi connectivity index (χ0n) is 10.4. The Kier molecular flexibility index (Phi) is 6.86. The smallest absolute Gasteiger partial charge is 0.0615 e. The van der Waals surface area contributed by atoms with Gasteiger partial charge in [0.25, 0.3) is 0 Å². The summed E-state index contributed by atoms with van der Waals surface area (Å²) in [6, 6.07) is 11.1. The van der Waals surface area contributed by atoms with E-state index in [1.165, 1.54) is 18.4 Å². The largest absolute Gasteiger partial charge is 0.383 e. The van der Waals surface area contributed by atoms with Crippen molar-refractivity contribution in [3.05, 3.63) is 35.9 Å². The molecule has 0 spiro atoms. The van der Waals surface area contributed by atoms with Crippen molar-refractivity contribution in [1.29, 1.82) is 0 Å². The van der Waals surface area contributed by atoms with Crippen LogP contribution in [-0.4, -0.2) is 26.3 Å². The molecule has 16 heavy (non-hydrogen) atoms. The van der Waals surface area contributed by atoms with Crippen LogP contribution in [0.4, 0.5) is 0 Å². The first-order valence-electron chi connectivity index (χ1n) is 6.13. The average Bonchev–Trinajstić information content (AvgIpc) is 2.31. The molecule has 0 saturated heterocycles. The monoisotopic (exact) mass is 221 g/mol. The molecule has 0 aromatic heterocycles. The highest BCUT2D eigenvalue weighted by Gasteiger charge is 2.05. The highest BCUT2D eigenvalue weighted by molar-refractivity contribution is 5.14. The number of benzene rings is 1. The van der Waals surface area contributed by atoms with Gasteiger partial charge in [0, 0.05) is 13.2 Å². The number of methoxy groups -OCH3 is 1. The molecule has 0 aliphatic rings. The van der Waals surface area contributed by atoms with E-state index in [0.717, 1.165) is 19.6 Å². The normalized spacial score (nSPS) is 12.6. The molecule has 0 aliphatic heterocycles. The maximum absolute atomic E-state index is 5.20. The Balaban J connectivity index is 2.22. The minimum atomic E-state index is 0.499. The Labute approximate surface area is 99.0 Å². The molecule has 0 fully saturated rings. The van der Waals surface area contributed by atoms with Crippen LogP contribution < -0.4 is 5.32 Å². The number of rotatable bonds is 8. The van der Waals surface area contributed by atoms with Crippen molar-refractivity contribution in [3.8, 4) is 0 Å². The van der Waals surface area contributed by atoms with E-state index in [9.17, 15) is 0 Å². The van der Waals surface area contributed by atoms with Crippen molar-refractivity contribution in [2.24, 2.45) is 0 Å². The van der Waals surface area contributed by atoms with Crippen LogP contribution in [0.5, 0.6) is 0 Å². The highest BCUT2D eigenvalue weighted by Crippen LogP contribution is 2.00. The third-order valence-electron chi connectivity index (χ3n) is 2.69. The van der Waals surface area contributed by atoms with Crippen molar-refractivity contribution in [3.63, 3.8) is 0 Å². The molecule has 0 aliphatic carbocycles. The predicted octanol–water partition coefficient (Wildman–Crippen LogP) is 2.63. The Bertz CT molecular complexity index is 255. The predicted molar refractivity (Wildman–Crippen MR) is 68.7 cm³/mol. The lowest BCUT2D eigenvalue weighted by atomic mass is 10.1. The maximum Gasteiger partial charge on any atom is 0.0615 e. The summed E-state index contributed by atoms with van der Waals surface area (Å²) in [6.07, 6.45) is 3.47. The van der Waals surface area contributed by atoms with E-state index in [2.05, 4.69) is 42.6 Å². The van der Waals surface area contributed by atoms with Crippen LogP contribution in [-0.2, 0) is 11.2 Å². The molecule has 0 radical (unpaired) electrons. The first kappa shape index (κ1) is 13.2. The number of nitrogens with one attached hydrogen (secondary N) is 1. The standard InChI is InChI=1S/C14H23NO/c1-3-7-14(12-16-2)15-11-10-13-8-5-4-6-9-13/h4-6,8-9,14-15H,3,7,10-12H2,1-2H3. The van der Waals surface area contributed by atoms with E-state index in [1.54, 1.807) is 7.11 Å². The van der Waals surface area contributed by atoms with Crippen LogP contribution in [0.2, 0.25) is 0 Å².